The van der Waals surface area contributed by atoms with Gasteiger partial charge >= 0.3 is 65.5 Å². The Hall–Kier alpha value is -0.735. The fraction of sp³-hybridized carbons (Fsp3) is 0. The molecule has 3 nitrogen and oxygen atoms in total. The summed E-state index contributed by atoms with van der Waals surface area (Å²) in [5.41, 5.74) is 0.717. The summed E-state index contributed by atoms with van der Waals surface area (Å²) < 4.78 is 0. The van der Waals surface area contributed by atoms with E-state index in [1.165, 1.54) is 0 Å². The van der Waals surface area contributed by atoms with Gasteiger partial charge in [-0.05, 0) is 0 Å². The second-order valence-corrected chi connectivity index (χ2v) is 2.12. The fourth-order valence-electron chi connectivity index (χ4n) is 0.752. The Kier molecular flexibility index (Phi) is 2.73. The van der Waals surface area contributed by atoms with E-state index in [0.29, 0.717) is 5.36 Å². The molecule has 0 fully saturated rings. The van der Waals surface area contributed by atoms with Crippen LogP contribution >= 0.6 is 0 Å². The maximum atomic E-state index is 8.70. The zero-order chi connectivity index (χ0) is 8.27. The Labute approximate surface area is 66.4 Å². The van der Waals surface area contributed by atoms with Crippen molar-refractivity contribution >= 4 is 38.4 Å². The molecule has 0 aliphatic heterocycles. The minimum atomic E-state index is -1.41. The Balaban J connectivity index is 2.91. The molecular formula is C5H6B3NO2. The van der Waals surface area contributed by atoms with E-state index in [-0.39, 0.29) is 0 Å². The van der Waals surface area contributed by atoms with Crippen molar-refractivity contribution in [2.45, 2.75) is 0 Å². The molecule has 0 saturated carbocycles. The fourth-order valence-corrected chi connectivity index (χ4v) is 0.752. The van der Waals surface area contributed by atoms with Gasteiger partial charge in [-0.15, -0.1) is 0 Å². The summed E-state index contributed by atoms with van der Waals surface area (Å²) in [5.74, 6) is 0. The molecule has 1 rings (SSSR count). The zero-order valence-electron chi connectivity index (χ0n) is 5.94. The standard InChI is InChI=1S/C5H6B3NO2/c1-9-5-3-2-4(6-7-5)8(10)11/h2-3,10-11H,1H2. The Morgan fingerprint density at radius 2 is 2.09 bits per heavy atom. The quantitative estimate of drug-likeness (QED) is 0.387. The Morgan fingerprint density at radius 3 is 2.45 bits per heavy atom. The van der Waals surface area contributed by atoms with Crippen LogP contribution in [0.3, 0.4) is 0 Å². The molecule has 0 atom stereocenters. The first kappa shape index (κ1) is 8.36. The van der Waals surface area contributed by atoms with Gasteiger partial charge in [-0.1, -0.05) is 0 Å². The summed E-state index contributed by atoms with van der Waals surface area (Å²) in [5, 5.41) is 17.8. The average Bonchev–Trinajstić information content (AvgIpc) is 2.05. The van der Waals surface area contributed by atoms with E-state index in [0.717, 1.165) is 5.58 Å². The van der Waals surface area contributed by atoms with Crippen molar-refractivity contribution in [2.75, 3.05) is 0 Å². The number of hydrogen-bond donors (Lipinski definition) is 2. The van der Waals surface area contributed by atoms with Crippen molar-refractivity contribution in [2.24, 2.45) is 4.99 Å². The van der Waals surface area contributed by atoms with Crippen LogP contribution in [0.2, 0.25) is 0 Å². The summed E-state index contributed by atoms with van der Waals surface area (Å²) >= 11 is 0. The molecule has 1 heterocycles. The van der Waals surface area contributed by atoms with Crippen LogP contribution in [-0.4, -0.2) is 37.5 Å². The second-order valence-electron chi connectivity index (χ2n) is 2.12. The average molecular weight is 145 g/mol. The third-order valence-corrected chi connectivity index (χ3v) is 1.37. The van der Waals surface area contributed by atoms with E-state index in [2.05, 4.69) is 11.7 Å². The van der Waals surface area contributed by atoms with Gasteiger partial charge in [0.05, 0.1) is 0 Å². The number of nitrogens with zero attached hydrogens (tertiary/aromatic N) is 1. The molecule has 1 aromatic heterocycles. The predicted octanol–water partition coefficient (Wildman–Crippen LogP) is -1.63. The van der Waals surface area contributed by atoms with Crippen LogP contribution in [0.25, 0.3) is 0 Å². The molecule has 1 aromatic rings. The summed E-state index contributed by atoms with van der Waals surface area (Å²) in [6, 6.07) is 3.26. The molecule has 6 heteroatoms. The van der Waals surface area contributed by atoms with Crippen molar-refractivity contribution in [3.8, 4) is 0 Å². The molecule has 0 spiro atoms. The normalized spacial score (nSPS) is 8.55. The number of aliphatic imine (C=N–C) groups is 1. The molecule has 0 radical (unpaired) electrons. The van der Waals surface area contributed by atoms with E-state index in [9.17, 15) is 0 Å². The molecule has 0 bridgehead atoms. The summed E-state index contributed by atoms with van der Waals surface area (Å²) in [4.78, 5) is 3.66. The van der Waals surface area contributed by atoms with Crippen molar-refractivity contribution < 1.29 is 10.0 Å². The maximum absolute atomic E-state index is 8.70. The molecular weight excluding hydrogens is 138 g/mol. The van der Waals surface area contributed by atoms with Gasteiger partial charge in [0.2, 0.25) is 0 Å². The topological polar surface area (TPSA) is 52.8 Å². The molecule has 52 valence electrons. The second kappa shape index (κ2) is 3.60. The van der Waals surface area contributed by atoms with Crippen LogP contribution < -0.4 is 5.36 Å². The SMILES string of the molecule is C=Nc1bbc(B(O)O)cc1. The van der Waals surface area contributed by atoms with Gasteiger partial charge in [-0.25, -0.2) is 0 Å². The Bertz CT molecular complexity index is 248. The van der Waals surface area contributed by atoms with Crippen LogP contribution in [0.15, 0.2) is 17.1 Å². The predicted molar refractivity (Wildman–Crippen MR) is 48.2 cm³/mol. The molecule has 0 amide bonds. The first-order valence-corrected chi connectivity index (χ1v) is 3.17. The van der Waals surface area contributed by atoms with E-state index < -0.39 is 7.12 Å². The summed E-state index contributed by atoms with van der Waals surface area (Å²) in [6.45, 7) is 6.59. The van der Waals surface area contributed by atoms with Crippen molar-refractivity contribution in [1.29, 1.82) is 0 Å². The van der Waals surface area contributed by atoms with Gasteiger partial charge < -0.3 is 0 Å². The van der Waals surface area contributed by atoms with Gasteiger partial charge in [0.1, 0.15) is 0 Å². The van der Waals surface area contributed by atoms with Crippen LogP contribution in [0, 0.1) is 0 Å². The molecule has 11 heavy (non-hydrogen) atoms. The zero-order valence-corrected chi connectivity index (χ0v) is 5.94. The van der Waals surface area contributed by atoms with Crippen LogP contribution in [0.4, 0.5) is 5.58 Å². The van der Waals surface area contributed by atoms with Crippen molar-refractivity contribution in [3.63, 3.8) is 0 Å². The van der Waals surface area contributed by atoms with Crippen LogP contribution in [0.1, 0.15) is 0 Å². The van der Waals surface area contributed by atoms with Gasteiger partial charge in [0.25, 0.3) is 0 Å². The van der Waals surface area contributed by atoms with Gasteiger partial charge in [0, 0.05) is 0 Å². The van der Waals surface area contributed by atoms with E-state index in [1.54, 1.807) is 25.7 Å². The first-order chi connectivity index (χ1) is 5.24. The molecule has 2 N–H and O–H groups in total. The van der Waals surface area contributed by atoms with E-state index in [1.807, 2.05) is 0 Å². The molecule has 0 unspecified atom stereocenters. The van der Waals surface area contributed by atoms with Crippen molar-refractivity contribution in [3.05, 3.63) is 12.1 Å². The third kappa shape index (κ3) is 2.10. The summed E-state index contributed by atoms with van der Waals surface area (Å²) in [7, 11) is -1.41. The third-order valence-electron chi connectivity index (χ3n) is 1.37. The molecule has 0 aliphatic carbocycles. The van der Waals surface area contributed by atoms with Gasteiger partial charge in [-0.2, -0.15) is 0 Å². The summed E-state index contributed by atoms with van der Waals surface area (Å²) in [6.07, 6.45) is 0. The van der Waals surface area contributed by atoms with Crippen molar-refractivity contribution in [1.82, 2.24) is 0 Å². The molecule has 0 aromatic carbocycles. The monoisotopic (exact) mass is 145 g/mol. The van der Waals surface area contributed by atoms with E-state index >= 15 is 0 Å². The molecule has 0 aliphatic rings. The van der Waals surface area contributed by atoms with Gasteiger partial charge in [0.15, 0.2) is 0 Å². The minimum absolute atomic E-state index is 0.456. The number of rotatable bonds is 2. The van der Waals surface area contributed by atoms with Gasteiger partial charge in [-0.3, -0.25) is 0 Å². The molecule has 0 saturated heterocycles. The van der Waals surface area contributed by atoms with E-state index in [4.69, 9.17) is 10.0 Å². The first-order valence-electron chi connectivity index (χ1n) is 3.17. The van der Waals surface area contributed by atoms with Crippen LogP contribution in [0.5, 0.6) is 0 Å². The van der Waals surface area contributed by atoms with Crippen LogP contribution in [-0.2, 0) is 0 Å². The Morgan fingerprint density at radius 1 is 1.36 bits per heavy atom. The number of hydrogen-bond acceptors (Lipinski definition) is 3.